The van der Waals surface area contributed by atoms with Gasteiger partial charge in [0.2, 0.25) is 5.13 Å². The van der Waals surface area contributed by atoms with Crippen molar-refractivity contribution in [3.63, 3.8) is 0 Å². The maximum atomic E-state index is 13.6. The molecule has 226 valence electrons. The number of aromatic nitrogens is 2. The minimum absolute atomic E-state index is 0.0183. The lowest BCUT2D eigenvalue weighted by molar-refractivity contribution is -0.132. The first-order valence-corrected chi connectivity index (χ1v) is 17.1. The number of ketones is 1. The van der Waals surface area contributed by atoms with Crippen molar-refractivity contribution < 1.29 is 19.4 Å². The maximum Gasteiger partial charge on any atom is 0.301 e. The van der Waals surface area contributed by atoms with E-state index in [1.54, 1.807) is 24.3 Å². The van der Waals surface area contributed by atoms with E-state index in [1.165, 1.54) is 28.0 Å². The van der Waals surface area contributed by atoms with Crippen LogP contribution in [0, 0.1) is 10.5 Å². The fraction of sp³-hybridized carbons (Fsp3) is 0.118. The van der Waals surface area contributed by atoms with Crippen LogP contribution in [0.3, 0.4) is 0 Å². The number of hydrogen-bond acceptors (Lipinski definition) is 8. The van der Waals surface area contributed by atoms with Crippen LogP contribution in [0.2, 0.25) is 5.02 Å². The van der Waals surface area contributed by atoms with Gasteiger partial charge in [-0.25, -0.2) is 0 Å². The van der Waals surface area contributed by atoms with E-state index >= 15 is 0 Å². The standard InChI is InChI=1S/C34H25ClIN3O4S2/c1-20-6-2-3-7-23(20)18-43-26-16-12-22(13-17-26)30(40)28-29(21-10-14-25(36)15-11-21)39(32(42)31(28)41)33-37-38-34(45-33)44-19-24-8-4-5-9-27(24)35/h2-17,29,40H,18-19H2,1H3/b30-28+. The Balaban J connectivity index is 1.30. The summed E-state index contributed by atoms with van der Waals surface area (Å²) < 4.78 is 7.56. The first kappa shape index (κ1) is 31.3. The van der Waals surface area contributed by atoms with E-state index in [0.29, 0.717) is 38.6 Å². The second-order valence-electron chi connectivity index (χ2n) is 10.2. The van der Waals surface area contributed by atoms with Gasteiger partial charge in [-0.15, -0.1) is 10.2 Å². The summed E-state index contributed by atoms with van der Waals surface area (Å²) in [4.78, 5) is 28.5. The highest BCUT2D eigenvalue weighted by Gasteiger charge is 2.48. The molecule has 0 bridgehead atoms. The SMILES string of the molecule is Cc1ccccc1COc1ccc(/C(O)=C2\C(=O)C(=O)N(c3nnc(SCc4ccccc4Cl)s3)C2c2ccc(I)cc2)cc1. The molecule has 1 aliphatic heterocycles. The Hall–Kier alpha value is -3.71. The van der Waals surface area contributed by atoms with Gasteiger partial charge in [0, 0.05) is 19.9 Å². The van der Waals surface area contributed by atoms with Crippen molar-refractivity contribution in [1.29, 1.82) is 0 Å². The van der Waals surface area contributed by atoms with Gasteiger partial charge >= 0.3 is 5.91 Å². The molecule has 1 N–H and O–H groups in total. The van der Waals surface area contributed by atoms with Crippen LogP contribution in [0.4, 0.5) is 5.13 Å². The normalized spacial score (nSPS) is 15.9. The summed E-state index contributed by atoms with van der Waals surface area (Å²) >= 11 is 11.2. The smallest absolute Gasteiger partial charge is 0.301 e. The molecule has 7 nitrogen and oxygen atoms in total. The van der Waals surface area contributed by atoms with E-state index in [9.17, 15) is 14.7 Å². The number of Topliss-reactive ketones (excluding diaryl/α,β-unsaturated/α-hetero) is 1. The van der Waals surface area contributed by atoms with Crippen LogP contribution in [0.25, 0.3) is 5.76 Å². The predicted octanol–water partition coefficient (Wildman–Crippen LogP) is 8.60. The summed E-state index contributed by atoms with van der Waals surface area (Å²) in [7, 11) is 0. The molecule has 4 aromatic carbocycles. The van der Waals surface area contributed by atoms with E-state index in [0.717, 1.165) is 20.3 Å². The van der Waals surface area contributed by atoms with Gasteiger partial charge in [-0.1, -0.05) is 89.3 Å². The molecule has 0 saturated carbocycles. The Bertz CT molecular complexity index is 1910. The highest BCUT2D eigenvalue weighted by molar-refractivity contribution is 14.1. The van der Waals surface area contributed by atoms with Crippen molar-refractivity contribution >= 4 is 79.9 Å². The zero-order chi connectivity index (χ0) is 31.5. The molecule has 0 radical (unpaired) electrons. The zero-order valence-corrected chi connectivity index (χ0v) is 28.4. The summed E-state index contributed by atoms with van der Waals surface area (Å²) in [6, 6.07) is 28.9. The molecule has 6 rings (SSSR count). The van der Waals surface area contributed by atoms with Crippen molar-refractivity contribution in [2.45, 2.75) is 29.7 Å². The number of carbonyl (C=O) groups is 2. The molecular weight excluding hydrogens is 741 g/mol. The summed E-state index contributed by atoms with van der Waals surface area (Å²) in [6.45, 7) is 2.43. The van der Waals surface area contributed by atoms with E-state index in [-0.39, 0.29) is 16.5 Å². The second kappa shape index (κ2) is 13.7. The fourth-order valence-corrected chi connectivity index (χ4v) is 7.41. The maximum absolute atomic E-state index is 13.6. The van der Waals surface area contributed by atoms with Crippen molar-refractivity contribution in [3.05, 3.63) is 139 Å². The molecule has 1 aliphatic rings. The van der Waals surface area contributed by atoms with E-state index in [4.69, 9.17) is 16.3 Å². The first-order chi connectivity index (χ1) is 21.8. The number of aliphatic hydroxyl groups excluding tert-OH is 1. The van der Waals surface area contributed by atoms with Gasteiger partial charge in [0.1, 0.15) is 18.1 Å². The largest absolute Gasteiger partial charge is 0.507 e. The highest BCUT2D eigenvalue weighted by atomic mass is 127. The van der Waals surface area contributed by atoms with E-state index in [2.05, 4.69) is 32.8 Å². The summed E-state index contributed by atoms with van der Waals surface area (Å²) in [5, 5.41) is 21.0. The number of rotatable bonds is 9. The number of benzene rings is 4. The molecule has 1 amide bonds. The fourth-order valence-electron chi connectivity index (χ4n) is 4.90. The minimum Gasteiger partial charge on any atom is -0.507 e. The Morgan fingerprint density at radius 3 is 2.36 bits per heavy atom. The Morgan fingerprint density at radius 1 is 0.956 bits per heavy atom. The number of halogens is 2. The van der Waals surface area contributed by atoms with Crippen LogP contribution < -0.4 is 9.64 Å². The number of aryl methyl sites for hydroxylation is 1. The second-order valence-corrected chi connectivity index (χ2v) is 14.0. The molecule has 0 spiro atoms. The average molecular weight is 766 g/mol. The van der Waals surface area contributed by atoms with Gasteiger partial charge < -0.3 is 9.84 Å². The molecule has 5 aromatic rings. The average Bonchev–Trinajstić information content (AvgIpc) is 3.62. The summed E-state index contributed by atoms with van der Waals surface area (Å²) in [5.74, 6) is -0.672. The van der Waals surface area contributed by atoms with Gasteiger partial charge in [-0.3, -0.25) is 14.5 Å². The van der Waals surface area contributed by atoms with E-state index in [1.807, 2.05) is 79.7 Å². The van der Waals surface area contributed by atoms with Gasteiger partial charge in [-0.05, 0) is 94.2 Å². The van der Waals surface area contributed by atoms with Crippen molar-refractivity contribution in [2.24, 2.45) is 0 Å². The number of carbonyl (C=O) groups excluding carboxylic acids is 2. The van der Waals surface area contributed by atoms with Crippen LogP contribution in [-0.4, -0.2) is 27.0 Å². The van der Waals surface area contributed by atoms with Crippen LogP contribution in [-0.2, 0) is 21.9 Å². The highest BCUT2D eigenvalue weighted by Crippen LogP contribution is 2.44. The van der Waals surface area contributed by atoms with Crippen LogP contribution in [0.1, 0.15) is 33.9 Å². The van der Waals surface area contributed by atoms with Crippen LogP contribution in [0.5, 0.6) is 5.75 Å². The molecule has 45 heavy (non-hydrogen) atoms. The number of anilines is 1. The minimum atomic E-state index is -0.895. The number of amides is 1. The van der Waals surface area contributed by atoms with Crippen LogP contribution in [0.15, 0.2) is 107 Å². The number of thioether (sulfide) groups is 1. The lowest BCUT2D eigenvalue weighted by atomic mass is 9.95. The van der Waals surface area contributed by atoms with Crippen molar-refractivity contribution in [1.82, 2.24) is 10.2 Å². The molecule has 1 unspecified atom stereocenters. The van der Waals surface area contributed by atoms with E-state index < -0.39 is 17.7 Å². The topological polar surface area (TPSA) is 92.6 Å². The third-order valence-electron chi connectivity index (χ3n) is 7.32. The zero-order valence-electron chi connectivity index (χ0n) is 23.8. The molecule has 2 heterocycles. The first-order valence-electron chi connectivity index (χ1n) is 13.8. The summed E-state index contributed by atoms with van der Waals surface area (Å²) in [5.41, 5.74) is 4.19. The molecular formula is C34H25ClIN3O4S2. The molecule has 1 fully saturated rings. The lowest BCUT2D eigenvalue weighted by Crippen LogP contribution is -2.29. The molecule has 1 saturated heterocycles. The number of aliphatic hydroxyl groups is 1. The quantitative estimate of drug-likeness (QED) is 0.0402. The molecule has 0 aliphatic carbocycles. The monoisotopic (exact) mass is 765 g/mol. The molecule has 1 atom stereocenters. The van der Waals surface area contributed by atoms with Gasteiger partial charge in [0.25, 0.3) is 5.78 Å². The Labute approximate surface area is 287 Å². The Morgan fingerprint density at radius 2 is 1.64 bits per heavy atom. The Kier molecular flexibility index (Phi) is 9.55. The third kappa shape index (κ3) is 6.79. The molecule has 11 heteroatoms. The van der Waals surface area contributed by atoms with Crippen LogP contribution >= 0.6 is 57.3 Å². The van der Waals surface area contributed by atoms with Gasteiger partial charge in [0.05, 0.1) is 11.6 Å². The van der Waals surface area contributed by atoms with Crippen molar-refractivity contribution in [2.75, 3.05) is 4.90 Å². The third-order valence-corrected chi connectivity index (χ3v) is 10.5. The van der Waals surface area contributed by atoms with Crippen molar-refractivity contribution in [3.8, 4) is 5.75 Å². The lowest BCUT2D eigenvalue weighted by Gasteiger charge is -2.22. The number of hydrogen-bond donors (Lipinski definition) is 1. The number of nitrogens with zero attached hydrogens (tertiary/aromatic N) is 3. The van der Waals surface area contributed by atoms with Gasteiger partial charge in [-0.2, -0.15) is 0 Å². The summed E-state index contributed by atoms with van der Waals surface area (Å²) in [6.07, 6.45) is 0. The molecule has 1 aromatic heterocycles. The predicted molar refractivity (Wildman–Crippen MR) is 187 cm³/mol. The number of ether oxygens (including phenoxy) is 1. The van der Waals surface area contributed by atoms with Gasteiger partial charge in [0.15, 0.2) is 4.34 Å².